The van der Waals surface area contributed by atoms with E-state index in [-0.39, 0.29) is 30.1 Å². The maximum absolute atomic E-state index is 12.9. The average molecular weight is 507 g/mol. The number of methoxy groups -OCH3 is 1. The zero-order valence-corrected chi connectivity index (χ0v) is 20.3. The minimum atomic E-state index is -0.472. The van der Waals surface area contributed by atoms with Crippen LogP contribution in [0.5, 0.6) is 11.6 Å². The van der Waals surface area contributed by atoms with Crippen LogP contribution in [0.15, 0.2) is 41.2 Å². The first-order chi connectivity index (χ1) is 18.0. The van der Waals surface area contributed by atoms with E-state index >= 15 is 0 Å². The van der Waals surface area contributed by atoms with E-state index < -0.39 is 6.09 Å². The van der Waals surface area contributed by atoms with Gasteiger partial charge in [0.2, 0.25) is 5.88 Å². The van der Waals surface area contributed by atoms with Crippen molar-refractivity contribution in [3.8, 4) is 11.6 Å². The van der Waals surface area contributed by atoms with Crippen LogP contribution in [0.2, 0.25) is 0 Å². The Hall–Kier alpha value is -4.19. The minimum absolute atomic E-state index is 0.0557. The lowest BCUT2D eigenvalue weighted by Crippen LogP contribution is -2.56. The van der Waals surface area contributed by atoms with Crippen LogP contribution in [-0.2, 0) is 16.1 Å². The fourth-order valence-corrected chi connectivity index (χ4v) is 5.08. The highest BCUT2D eigenvalue weighted by molar-refractivity contribution is 5.95. The van der Waals surface area contributed by atoms with Crippen LogP contribution in [0.4, 0.5) is 16.4 Å². The third-order valence-electron chi connectivity index (χ3n) is 7.06. The van der Waals surface area contributed by atoms with Crippen LogP contribution in [0, 0.1) is 5.92 Å². The van der Waals surface area contributed by atoms with Crippen LogP contribution in [-0.4, -0.2) is 77.4 Å². The van der Waals surface area contributed by atoms with E-state index in [1.165, 1.54) is 4.90 Å². The number of amides is 2. The molecule has 6 rings (SSSR count). The van der Waals surface area contributed by atoms with Gasteiger partial charge in [-0.05, 0) is 37.2 Å². The van der Waals surface area contributed by atoms with Gasteiger partial charge in [0, 0.05) is 49.6 Å². The highest BCUT2D eigenvalue weighted by atomic mass is 16.6. The third-order valence-corrected chi connectivity index (χ3v) is 7.06. The molecule has 2 amide bonds. The van der Waals surface area contributed by atoms with E-state index in [2.05, 4.69) is 20.2 Å². The lowest BCUT2D eigenvalue weighted by Gasteiger charge is -2.43. The Morgan fingerprint density at radius 3 is 2.78 bits per heavy atom. The number of piperidine rings is 1. The molecule has 2 saturated heterocycles. The highest BCUT2D eigenvalue weighted by Gasteiger charge is 2.40. The van der Waals surface area contributed by atoms with Crippen molar-refractivity contribution in [2.75, 3.05) is 50.1 Å². The first-order valence-corrected chi connectivity index (χ1v) is 12.2. The molecule has 6 heterocycles. The molecule has 0 saturated carbocycles. The smallest absolute Gasteiger partial charge is 0.415 e. The topological polar surface area (TPSA) is 128 Å². The molecule has 3 aliphatic rings. The molecule has 2 atom stereocenters. The van der Waals surface area contributed by atoms with Gasteiger partial charge in [0.15, 0.2) is 18.2 Å². The highest BCUT2D eigenvalue weighted by Crippen LogP contribution is 2.33. The average Bonchev–Trinajstić information content (AvgIpc) is 2.91. The molecule has 0 aromatic carbocycles. The molecule has 3 aromatic heterocycles. The van der Waals surface area contributed by atoms with E-state index in [1.807, 2.05) is 6.07 Å². The van der Waals surface area contributed by atoms with Crippen molar-refractivity contribution in [1.29, 1.82) is 0 Å². The summed E-state index contributed by atoms with van der Waals surface area (Å²) in [6, 6.07) is 10.3. The summed E-state index contributed by atoms with van der Waals surface area (Å²) in [5.41, 5.74) is 0.461. The molecule has 192 valence electrons. The third kappa shape index (κ3) is 4.44. The number of hydrogen-bond donors (Lipinski definition) is 1. The van der Waals surface area contributed by atoms with Crippen molar-refractivity contribution in [3.63, 3.8) is 0 Å². The Bertz CT molecular complexity index is 1440. The predicted molar refractivity (Wildman–Crippen MR) is 133 cm³/mol. The predicted octanol–water partition coefficient (Wildman–Crippen LogP) is 1.48. The van der Waals surface area contributed by atoms with E-state index in [1.54, 1.807) is 42.0 Å². The number of carbonyl (C=O) groups is 2. The number of rotatable bonds is 5. The number of ether oxygens (including phenoxy) is 3. The van der Waals surface area contributed by atoms with Crippen LogP contribution < -0.4 is 25.2 Å². The van der Waals surface area contributed by atoms with E-state index in [4.69, 9.17) is 14.2 Å². The Morgan fingerprint density at radius 2 is 1.92 bits per heavy atom. The van der Waals surface area contributed by atoms with Crippen molar-refractivity contribution in [1.82, 2.24) is 19.4 Å². The number of nitrogens with one attached hydrogen (secondary N) is 1. The van der Waals surface area contributed by atoms with E-state index in [0.717, 1.165) is 18.4 Å². The molecule has 3 aromatic rings. The van der Waals surface area contributed by atoms with Crippen molar-refractivity contribution < 1.29 is 23.8 Å². The Balaban J connectivity index is 1.12. The molecular formula is C25H26N6O6. The number of likely N-dealkylation sites (tertiary alicyclic amines) is 1. The van der Waals surface area contributed by atoms with Crippen molar-refractivity contribution in [2.45, 2.75) is 19.1 Å². The second-order valence-corrected chi connectivity index (χ2v) is 9.32. The summed E-state index contributed by atoms with van der Waals surface area (Å²) >= 11 is 0. The van der Waals surface area contributed by atoms with Crippen LogP contribution in [0.25, 0.3) is 11.0 Å². The summed E-state index contributed by atoms with van der Waals surface area (Å²) in [5.74, 6) is 1.49. The summed E-state index contributed by atoms with van der Waals surface area (Å²) < 4.78 is 18.1. The number of pyridine rings is 3. The lowest BCUT2D eigenvalue weighted by atomic mass is 9.92. The van der Waals surface area contributed by atoms with Crippen LogP contribution >= 0.6 is 0 Å². The van der Waals surface area contributed by atoms with Crippen molar-refractivity contribution in [2.24, 2.45) is 5.92 Å². The van der Waals surface area contributed by atoms with Gasteiger partial charge in [0.05, 0.1) is 7.11 Å². The Labute approximate surface area is 211 Å². The standard InChI is InChI=1S/C25H26N6O6/c1-35-21-6-2-15-3-7-22(33)30(24(15)28-21)11-10-29-9-8-16-12-31(25(34)37-18(16)13-29)19-5-4-17-23(26-19)27-20(32)14-36-17/h2-7,16,18H,8-14H2,1H3,(H,26,27,32)/t16-,18?/m1/s1. The monoisotopic (exact) mass is 506 g/mol. The summed E-state index contributed by atoms with van der Waals surface area (Å²) in [4.78, 5) is 49.7. The molecule has 12 nitrogen and oxygen atoms in total. The SMILES string of the molecule is COc1ccc2ccc(=O)n(CCN3CC[C@@H]4CN(c5ccc6c(n5)NC(=O)CO6)C(=O)OC4C3)c2n1. The summed E-state index contributed by atoms with van der Waals surface area (Å²) in [6.45, 7) is 2.89. The summed E-state index contributed by atoms with van der Waals surface area (Å²) in [7, 11) is 1.55. The van der Waals surface area contributed by atoms with Gasteiger partial charge >= 0.3 is 6.09 Å². The molecule has 0 radical (unpaired) electrons. The largest absolute Gasteiger partial charge is 0.481 e. The summed E-state index contributed by atoms with van der Waals surface area (Å²) in [5, 5.41) is 3.53. The summed E-state index contributed by atoms with van der Waals surface area (Å²) in [6.07, 6.45) is 0.108. The van der Waals surface area contributed by atoms with Crippen molar-refractivity contribution in [3.05, 3.63) is 46.8 Å². The van der Waals surface area contributed by atoms with Crippen LogP contribution in [0.1, 0.15) is 6.42 Å². The second-order valence-electron chi connectivity index (χ2n) is 9.32. The second kappa shape index (κ2) is 9.36. The molecule has 0 spiro atoms. The number of anilines is 2. The zero-order valence-electron chi connectivity index (χ0n) is 20.3. The molecule has 1 N–H and O–H groups in total. The molecule has 37 heavy (non-hydrogen) atoms. The number of nitrogens with zero attached hydrogens (tertiary/aromatic N) is 5. The normalized spacial score (nSPS) is 21.5. The first-order valence-electron chi connectivity index (χ1n) is 12.2. The molecule has 1 unspecified atom stereocenters. The van der Waals surface area contributed by atoms with Gasteiger partial charge in [0.1, 0.15) is 17.6 Å². The van der Waals surface area contributed by atoms with Crippen molar-refractivity contribution >= 4 is 34.7 Å². The number of hydrogen-bond acceptors (Lipinski definition) is 9. The fraction of sp³-hybridized carbons (Fsp3) is 0.400. The fourth-order valence-electron chi connectivity index (χ4n) is 5.08. The quantitative estimate of drug-likeness (QED) is 0.547. The zero-order chi connectivity index (χ0) is 25.5. The van der Waals surface area contributed by atoms with E-state index in [0.29, 0.717) is 55.1 Å². The first kappa shape index (κ1) is 23.2. The molecule has 0 bridgehead atoms. The van der Waals surface area contributed by atoms with E-state index in [9.17, 15) is 14.4 Å². The number of fused-ring (bicyclic) bond motifs is 3. The lowest BCUT2D eigenvalue weighted by molar-refractivity contribution is -0.118. The van der Waals surface area contributed by atoms with Gasteiger partial charge < -0.3 is 19.5 Å². The molecule has 2 fully saturated rings. The Kier molecular flexibility index (Phi) is 5.87. The maximum atomic E-state index is 12.9. The molecule has 3 aliphatic heterocycles. The van der Waals surface area contributed by atoms with Gasteiger partial charge in [-0.25, -0.2) is 9.78 Å². The molecule has 0 aliphatic carbocycles. The number of aromatic nitrogens is 3. The Morgan fingerprint density at radius 1 is 1.05 bits per heavy atom. The molecule has 12 heteroatoms. The minimum Gasteiger partial charge on any atom is -0.481 e. The van der Waals surface area contributed by atoms with Gasteiger partial charge in [-0.15, -0.1) is 0 Å². The van der Waals surface area contributed by atoms with Gasteiger partial charge in [-0.1, -0.05) is 0 Å². The maximum Gasteiger partial charge on any atom is 0.415 e. The van der Waals surface area contributed by atoms with Gasteiger partial charge in [0.25, 0.3) is 11.5 Å². The molecular weight excluding hydrogens is 480 g/mol. The van der Waals surface area contributed by atoms with Gasteiger partial charge in [-0.2, -0.15) is 4.98 Å². The van der Waals surface area contributed by atoms with Crippen LogP contribution in [0.3, 0.4) is 0 Å². The number of carbonyl (C=O) groups excluding carboxylic acids is 2. The van der Waals surface area contributed by atoms with Gasteiger partial charge in [-0.3, -0.25) is 24.0 Å².